The lowest BCUT2D eigenvalue weighted by Gasteiger charge is -2.22. The van der Waals surface area contributed by atoms with Crippen LogP contribution in [0.15, 0.2) is 35.1 Å². The molecule has 134 valence electrons. The van der Waals surface area contributed by atoms with E-state index >= 15 is 0 Å². The SMILES string of the molecule is Cc1cccc(OC(C(=O)NCCc2nc(O)cc(=O)[nH]2)C(C)C)c1. The van der Waals surface area contributed by atoms with Gasteiger partial charge in [0.15, 0.2) is 6.10 Å². The lowest BCUT2D eigenvalue weighted by Crippen LogP contribution is -2.42. The maximum absolute atomic E-state index is 12.4. The van der Waals surface area contributed by atoms with Gasteiger partial charge in [-0.3, -0.25) is 9.59 Å². The van der Waals surface area contributed by atoms with E-state index in [1.807, 2.05) is 45.0 Å². The number of H-pyrrole nitrogens is 1. The summed E-state index contributed by atoms with van der Waals surface area (Å²) in [6.45, 7) is 6.05. The predicted molar refractivity (Wildman–Crippen MR) is 93.7 cm³/mol. The number of hydrogen-bond donors (Lipinski definition) is 3. The van der Waals surface area contributed by atoms with Gasteiger partial charge in [0.2, 0.25) is 5.88 Å². The van der Waals surface area contributed by atoms with Crippen LogP contribution >= 0.6 is 0 Å². The van der Waals surface area contributed by atoms with E-state index in [9.17, 15) is 14.7 Å². The predicted octanol–water partition coefficient (Wildman–Crippen LogP) is 1.55. The number of nitrogens with one attached hydrogen (secondary N) is 2. The Bertz CT molecular complexity index is 786. The molecule has 2 rings (SSSR count). The Hall–Kier alpha value is -2.83. The molecule has 7 heteroatoms. The van der Waals surface area contributed by atoms with Crippen molar-refractivity contribution in [2.24, 2.45) is 5.92 Å². The van der Waals surface area contributed by atoms with Gasteiger partial charge in [0.1, 0.15) is 11.6 Å². The third-order valence-electron chi connectivity index (χ3n) is 3.55. The van der Waals surface area contributed by atoms with Crippen LogP contribution in [0.1, 0.15) is 25.2 Å². The number of rotatable bonds is 7. The zero-order valence-electron chi connectivity index (χ0n) is 14.6. The summed E-state index contributed by atoms with van der Waals surface area (Å²) in [7, 11) is 0. The van der Waals surface area contributed by atoms with Crippen LogP contribution in [0.5, 0.6) is 11.6 Å². The second-order valence-corrected chi connectivity index (χ2v) is 6.19. The molecule has 0 bridgehead atoms. The molecule has 1 heterocycles. The molecule has 0 aliphatic heterocycles. The zero-order valence-corrected chi connectivity index (χ0v) is 14.6. The van der Waals surface area contributed by atoms with Gasteiger partial charge >= 0.3 is 0 Å². The number of nitrogens with zero attached hydrogens (tertiary/aromatic N) is 1. The van der Waals surface area contributed by atoms with Crippen molar-refractivity contribution in [3.63, 3.8) is 0 Å². The molecule has 0 radical (unpaired) electrons. The fourth-order valence-electron chi connectivity index (χ4n) is 2.34. The first-order chi connectivity index (χ1) is 11.8. The van der Waals surface area contributed by atoms with Crippen LogP contribution in [0.3, 0.4) is 0 Å². The van der Waals surface area contributed by atoms with Crippen molar-refractivity contribution in [3.8, 4) is 11.6 Å². The van der Waals surface area contributed by atoms with Gasteiger partial charge in [-0.2, -0.15) is 0 Å². The smallest absolute Gasteiger partial charge is 0.261 e. The van der Waals surface area contributed by atoms with E-state index in [0.717, 1.165) is 11.6 Å². The van der Waals surface area contributed by atoms with Gasteiger partial charge in [-0.1, -0.05) is 26.0 Å². The minimum absolute atomic E-state index is 0.0146. The Morgan fingerprint density at radius 3 is 2.76 bits per heavy atom. The highest BCUT2D eigenvalue weighted by atomic mass is 16.5. The van der Waals surface area contributed by atoms with E-state index in [1.54, 1.807) is 0 Å². The number of aromatic amines is 1. The first-order valence-corrected chi connectivity index (χ1v) is 8.15. The molecule has 7 nitrogen and oxygen atoms in total. The third kappa shape index (κ3) is 5.63. The highest BCUT2D eigenvalue weighted by Gasteiger charge is 2.24. The van der Waals surface area contributed by atoms with E-state index in [1.165, 1.54) is 0 Å². The summed E-state index contributed by atoms with van der Waals surface area (Å²) in [5.74, 6) is 0.366. The highest BCUT2D eigenvalue weighted by molar-refractivity contribution is 5.81. The van der Waals surface area contributed by atoms with Crippen LogP contribution in [0.4, 0.5) is 0 Å². The van der Waals surface area contributed by atoms with E-state index in [-0.39, 0.29) is 24.2 Å². The van der Waals surface area contributed by atoms with Crippen molar-refractivity contribution in [1.29, 1.82) is 0 Å². The molecule has 0 saturated carbocycles. The van der Waals surface area contributed by atoms with Crippen LogP contribution < -0.4 is 15.6 Å². The molecule has 25 heavy (non-hydrogen) atoms. The average Bonchev–Trinajstić information content (AvgIpc) is 2.51. The molecule has 0 aliphatic carbocycles. The number of aromatic hydroxyl groups is 1. The topological polar surface area (TPSA) is 104 Å². The first-order valence-electron chi connectivity index (χ1n) is 8.15. The molecule has 0 fully saturated rings. The molecule has 0 saturated heterocycles. The van der Waals surface area contributed by atoms with Gasteiger partial charge in [0.05, 0.1) is 6.07 Å². The lowest BCUT2D eigenvalue weighted by atomic mass is 10.1. The van der Waals surface area contributed by atoms with Crippen LogP contribution in [-0.4, -0.2) is 33.6 Å². The number of benzene rings is 1. The molecule has 0 spiro atoms. The van der Waals surface area contributed by atoms with Crippen molar-refractivity contribution >= 4 is 5.91 Å². The van der Waals surface area contributed by atoms with Crippen molar-refractivity contribution in [2.75, 3.05) is 6.54 Å². The summed E-state index contributed by atoms with van der Waals surface area (Å²) in [6, 6.07) is 8.53. The monoisotopic (exact) mass is 345 g/mol. The molecular weight excluding hydrogens is 322 g/mol. The largest absolute Gasteiger partial charge is 0.493 e. The van der Waals surface area contributed by atoms with Crippen LogP contribution in [0, 0.1) is 12.8 Å². The number of hydrogen-bond acceptors (Lipinski definition) is 5. The lowest BCUT2D eigenvalue weighted by molar-refractivity contribution is -0.129. The summed E-state index contributed by atoms with van der Waals surface area (Å²) in [4.78, 5) is 30.0. The number of carbonyl (C=O) groups excluding carboxylic acids is 1. The fourth-order valence-corrected chi connectivity index (χ4v) is 2.34. The first kappa shape index (κ1) is 18.5. The molecule has 1 amide bonds. The van der Waals surface area contributed by atoms with E-state index in [0.29, 0.717) is 18.0 Å². The number of amides is 1. The molecular formula is C18H23N3O4. The van der Waals surface area contributed by atoms with E-state index in [4.69, 9.17) is 4.74 Å². The Morgan fingerprint density at radius 2 is 2.12 bits per heavy atom. The van der Waals surface area contributed by atoms with E-state index < -0.39 is 11.7 Å². The maximum atomic E-state index is 12.4. The van der Waals surface area contributed by atoms with Crippen molar-refractivity contribution in [1.82, 2.24) is 15.3 Å². The number of aromatic nitrogens is 2. The normalized spacial score (nSPS) is 12.0. The standard InChI is InChI=1S/C18H23N3O4/c1-11(2)17(25-13-6-4-5-12(3)9-13)18(24)19-8-7-14-20-15(22)10-16(23)21-14/h4-6,9-11,17H,7-8H2,1-3H3,(H,19,24)(H2,20,21,22,23). The third-order valence-corrected chi connectivity index (χ3v) is 3.55. The Balaban J connectivity index is 1.95. The van der Waals surface area contributed by atoms with Crippen molar-refractivity contribution in [2.45, 2.75) is 33.3 Å². The summed E-state index contributed by atoms with van der Waals surface area (Å²) in [6.07, 6.45) is -0.331. The number of carbonyl (C=O) groups is 1. The molecule has 0 aliphatic rings. The summed E-state index contributed by atoms with van der Waals surface area (Å²) >= 11 is 0. The molecule has 1 unspecified atom stereocenters. The minimum atomic E-state index is -0.627. The molecule has 3 N–H and O–H groups in total. The van der Waals surface area contributed by atoms with E-state index in [2.05, 4.69) is 15.3 Å². The molecule has 2 aromatic rings. The average molecular weight is 345 g/mol. The van der Waals surface area contributed by atoms with Crippen molar-refractivity contribution < 1.29 is 14.6 Å². The quantitative estimate of drug-likeness (QED) is 0.706. The Kier molecular flexibility index (Phi) is 6.16. The molecule has 1 atom stereocenters. The van der Waals surface area contributed by atoms with Gasteiger partial charge in [0.25, 0.3) is 11.5 Å². The van der Waals surface area contributed by atoms with Gasteiger partial charge in [-0.25, -0.2) is 4.98 Å². The zero-order chi connectivity index (χ0) is 18.4. The molecule has 1 aromatic heterocycles. The Labute approximate surface area is 146 Å². The second kappa shape index (κ2) is 8.32. The van der Waals surface area contributed by atoms with Crippen LogP contribution in [-0.2, 0) is 11.2 Å². The summed E-state index contributed by atoms with van der Waals surface area (Å²) in [5, 5.41) is 12.1. The fraction of sp³-hybridized carbons (Fsp3) is 0.389. The summed E-state index contributed by atoms with van der Waals surface area (Å²) < 4.78 is 5.83. The summed E-state index contributed by atoms with van der Waals surface area (Å²) in [5.41, 5.74) is 0.621. The molecule has 1 aromatic carbocycles. The second-order valence-electron chi connectivity index (χ2n) is 6.19. The van der Waals surface area contributed by atoms with Gasteiger partial charge in [-0.05, 0) is 30.5 Å². The number of aryl methyl sites for hydroxylation is 1. The van der Waals surface area contributed by atoms with Crippen molar-refractivity contribution in [3.05, 3.63) is 52.1 Å². The maximum Gasteiger partial charge on any atom is 0.261 e. The van der Waals surface area contributed by atoms with Gasteiger partial charge < -0.3 is 20.1 Å². The minimum Gasteiger partial charge on any atom is -0.493 e. The Morgan fingerprint density at radius 1 is 1.36 bits per heavy atom. The van der Waals surface area contributed by atoms with Crippen LogP contribution in [0.2, 0.25) is 0 Å². The number of ether oxygens (including phenoxy) is 1. The van der Waals surface area contributed by atoms with Crippen LogP contribution in [0.25, 0.3) is 0 Å². The van der Waals surface area contributed by atoms with Gasteiger partial charge in [0, 0.05) is 13.0 Å². The van der Waals surface area contributed by atoms with Gasteiger partial charge in [-0.15, -0.1) is 0 Å². The highest BCUT2D eigenvalue weighted by Crippen LogP contribution is 2.17.